The Kier molecular flexibility index (Phi) is 4.42. The normalized spacial score (nSPS) is 13.3. The van der Waals surface area contributed by atoms with Gasteiger partial charge in [-0.25, -0.2) is 0 Å². The van der Waals surface area contributed by atoms with Crippen LogP contribution < -0.4 is 0 Å². The molecule has 1 atom stereocenters. The SMILES string of the molecule is OC(c1cccc(Cl)c1)c1cc(C(F)(F)F)ccc1Br. The van der Waals surface area contributed by atoms with E-state index in [4.69, 9.17) is 11.6 Å². The van der Waals surface area contributed by atoms with E-state index in [-0.39, 0.29) is 5.56 Å². The zero-order chi connectivity index (χ0) is 14.9. The highest BCUT2D eigenvalue weighted by molar-refractivity contribution is 9.10. The maximum Gasteiger partial charge on any atom is 0.416 e. The number of alkyl halides is 3. The summed E-state index contributed by atoms with van der Waals surface area (Å²) < 4.78 is 38.5. The third-order valence-electron chi connectivity index (χ3n) is 2.78. The van der Waals surface area contributed by atoms with Gasteiger partial charge in [-0.15, -0.1) is 0 Å². The molecule has 0 aromatic heterocycles. The maximum atomic E-state index is 12.7. The van der Waals surface area contributed by atoms with Crippen molar-refractivity contribution in [3.63, 3.8) is 0 Å². The van der Waals surface area contributed by atoms with Crippen molar-refractivity contribution < 1.29 is 18.3 Å². The van der Waals surface area contributed by atoms with Crippen LogP contribution in [0.3, 0.4) is 0 Å². The first kappa shape index (κ1) is 15.4. The van der Waals surface area contributed by atoms with Gasteiger partial charge in [0.05, 0.1) is 5.56 Å². The zero-order valence-corrected chi connectivity index (χ0v) is 12.3. The van der Waals surface area contributed by atoms with Gasteiger partial charge in [-0.1, -0.05) is 39.7 Å². The molecule has 0 saturated heterocycles. The Hall–Kier alpha value is -1.04. The lowest BCUT2D eigenvalue weighted by Crippen LogP contribution is -2.08. The summed E-state index contributed by atoms with van der Waals surface area (Å²) in [5, 5.41) is 10.6. The van der Waals surface area contributed by atoms with Gasteiger partial charge in [0.25, 0.3) is 0 Å². The van der Waals surface area contributed by atoms with Crippen molar-refractivity contribution in [2.24, 2.45) is 0 Å². The minimum absolute atomic E-state index is 0.141. The van der Waals surface area contributed by atoms with Gasteiger partial charge in [-0.05, 0) is 41.5 Å². The lowest BCUT2D eigenvalue weighted by atomic mass is 9.99. The van der Waals surface area contributed by atoms with E-state index in [1.807, 2.05) is 0 Å². The summed E-state index contributed by atoms with van der Waals surface area (Å²) in [6.07, 6.45) is -5.64. The second-order valence-electron chi connectivity index (χ2n) is 4.19. The molecule has 1 unspecified atom stereocenters. The summed E-state index contributed by atoms with van der Waals surface area (Å²) in [7, 11) is 0. The number of halogens is 5. The smallest absolute Gasteiger partial charge is 0.384 e. The summed E-state index contributed by atoms with van der Waals surface area (Å²) in [4.78, 5) is 0. The van der Waals surface area contributed by atoms with E-state index in [0.29, 0.717) is 15.1 Å². The van der Waals surface area contributed by atoms with Crippen LogP contribution in [0.2, 0.25) is 5.02 Å². The van der Waals surface area contributed by atoms with E-state index >= 15 is 0 Å². The molecule has 2 aromatic rings. The molecule has 0 aliphatic rings. The van der Waals surface area contributed by atoms with Crippen molar-refractivity contribution in [2.75, 3.05) is 0 Å². The second kappa shape index (κ2) is 5.76. The van der Waals surface area contributed by atoms with E-state index < -0.39 is 17.8 Å². The van der Waals surface area contributed by atoms with Gasteiger partial charge in [-0.3, -0.25) is 0 Å². The number of rotatable bonds is 2. The predicted molar refractivity (Wildman–Crippen MR) is 74.7 cm³/mol. The fourth-order valence-electron chi connectivity index (χ4n) is 1.79. The number of hydrogen-bond acceptors (Lipinski definition) is 1. The molecule has 20 heavy (non-hydrogen) atoms. The van der Waals surface area contributed by atoms with Gasteiger partial charge >= 0.3 is 6.18 Å². The van der Waals surface area contributed by atoms with Crippen LogP contribution in [0.25, 0.3) is 0 Å². The summed E-state index contributed by atoms with van der Waals surface area (Å²) in [6.45, 7) is 0. The van der Waals surface area contributed by atoms with Crippen molar-refractivity contribution in [1.82, 2.24) is 0 Å². The molecule has 0 aliphatic carbocycles. The lowest BCUT2D eigenvalue weighted by molar-refractivity contribution is -0.137. The standard InChI is InChI=1S/C14H9BrClF3O/c15-12-5-4-9(14(17,18)19)7-11(12)13(20)8-2-1-3-10(16)6-8/h1-7,13,20H. The Balaban J connectivity index is 2.46. The molecule has 2 rings (SSSR count). The van der Waals surface area contributed by atoms with E-state index in [9.17, 15) is 18.3 Å². The molecule has 2 aromatic carbocycles. The molecule has 0 spiro atoms. The topological polar surface area (TPSA) is 20.2 Å². The highest BCUT2D eigenvalue weighted by Gasteiger charge is 2.31. The molecule has 0 amide bonds. The van der Waals surface area contributed by atoms with Crippen molar-refractivity contribution >= 4 is 27.5 Å². The summed E-state index contributed by atoms with van der Waals surface area (Å²) >= 11 is 8.97. The second-order valence-corrected chi connectivity index (χ2v) is 5.48. The quantitative estimate of drug-likeness (QED) is 0.775. The third kappa shape index (κ3) is 3.34. The van der Waals surface area contributed by atoms with E-state index in [2.05, 4.69) is 15.9 Å². The average molecular weight is 366 g/mol. The Bertz CT molecular complexity index is 628. The number of benzene rings is 2. The van der Waals surface area contributed by atoms with Crippen LogP contribution in [0.1, 0.15) is 22.8 Å². The Morgan fingerprint density at radius 2 is 1.80 bits per heavy atom. The van der Waals surface area contributed by atoms with E-state index in [1.54, 1.807) is 18.2 Å². The Labute approximate surface area is 127 Å². The molecule has 1 nitrogen and oxygen atoms in total. The van der Waals surface area contributed by atoms with Crippen molar-refractivity contribution in [1.29, 1.82) is 0 Å². The average Bonchev–Trinajstić information content (AvgIpc) is 2.37. The third-order valence-corrected chi connectivity index (χ3v) is 3.74. The zero-order valence-electron chi connectivity index (χ0n) is 9.96. The van der Waals surface area contributed by atoms with Crippen LogP contribution >= 0.6 is 27.5 Å². The minimum Gasteiger partial charge on any atom is -0.384 e. The van der Waals surface area contributed by atoms with Crippen LogP contribution in [0.15, 0.2) is 46.9 Å². The monoisotopic (exact) mass is 364 g/mol. The van der Waals surface area contributed by atoms with Gasteiger partial charge < -0.3 is 5.11 Å². The first-order chi connectivity index (χ1) is 9.29. The van der Waals surface area contributed by atoms with Crippen molar-refractivity contribution in [2.45, 2.75) is 12.3 Å². The van der Waals surface area contributed by atoms with Crippen LogP contribution in [-0.4, -0.2) is 5.11 Å². The Morgan fingerprint density at radius 3 is 2.40 bits per heavy atom. The van der Waals surface area contributed by atoms with Crippen LogP contribution in [0.5, 0.6) is 0 Å². The van der Waals surface area contributed by atoms with Gasteiger partial charge in [0.1, 0.15) is 6.10 Å². The first-order valence-electron chi connectivity index (χ1n) is 5.59. The van der Waals surface area contributed by atoms with Gasteiger partial charge in [0.2, 0.25) is 0 Å². The minimum atomic E-state index is -4.45. The van der Waals surface area contributed by atoms with Gasteiger partial charge in [0.15, 0.2) is 0 Å². The highest BCUT2D eigenvalue weighted by atomic mass is 79.9. The number of aliphatic hydroxyl groups excluding tert-OH is 1. The fraction of sp³-hybridized carbons (Fsp3) is 0.143. The predicted octanol–water partition coefficient (Wildman–Crippen LogP) is 5.20. The first-order valence-corrected chi connectivity index (χ1v) is 6.76. The summed E-state index contributed by atoms with van der Waals surface area (Å²) in [5.41, 5.74) is -0.239. The molecule has 0 radical (unpaired) electrons. The molecule has 0 heterocycles. The largest absolute Gasteiger partial charge is 0.416 e. The van der Waals surface area contributed by atoms with Crippen LogP contribution in [-0.2, 0) is 6.18 Å². The summed E-state index contributed by atoms with van der Waals surface area (Å²) in [6, 6.07) is 9.52. The Morgan fingerprint density at radius 1 is 1.10 bits per heavy atom. The molecule has 0 fully saturated rings. The molecule has 0 bridgehead atoms. The van der Waals surface area contributed by atoms with Crippen molar-refractivity contribution in [3.05, 3.63) is 68.7 Å². The highest BCUT2D eigenvalue weighted by Crippen LogP contribution is 2.36. The van der Waals surface area contributed by atoms with Gasteiger partial charge in [0, 0.05) is 9.50 Å². The molecule has 1 N–H and O–H groups in total. The number of aliphatic hydroxyl groups is 1. The van der Waals surface area contributed by atoms with E-state index in [1.165, 1.54) is 12.1 Å². The van der Waals surface area contributed by atoms with E-state index in [0.717, 1.165) is 12.1 Å². The molecular formula is C14H9BrClF3O. The molecule has 106 valence electrons. The summed E-state index contributed by atoms with van der Waals surface area (Å²) in [5.74, 6) is 0. The lowest BCUT2D eigenvalue weighted by Gasteiger charge is -2.16. The molecule has 0 saturated carbocycles. The molecule has 0 aliphatic heterocycles. The van der Waals surface area contributed by atoms with Crippen LogP contribution in [0.4, 0.5) is 13.2 Å². The van der Waals surface area contributed by atoms with Crippen LogP contribution in [0, 0.1) is 0 Å². The molecule has 6 heteroatoms. The fourth-order valence-corrected chi connectivity index (χ4v) is 2.45. The van der Waals surface area contributed by atoms with Crippen molar-refractivity contribution in [3.8, 4) is 0 Å². The number of hydrogen-bond donors (Lipinski definition) is 1. The van der Waals surface area contributed by atoms with Gasteiger partial charge in [-0.2, -0.15) is 13.2 Å². The molecular weight excluding hydrogens is 357 g/mol. The maximum absolute atomic E-state index is 12.7.